The molecule has 0 heterocycles. The Balaban J connectivity index is 2.32. The lowest BCUT2D eigenvalue weighted by Crippen LogP contribution is -2.34. The van der Waals surface area contributed by atoms with Crippen LogP contribution in [-0.4, -0.2) is 44.9 Å². The highest BCUT2D eigenvalue weighted by molar-refractivity contribution is 6.32. The molecule has 0 N–H and O–H groups in total. The van der Waals surface area contributed by atoms with Crippen LogP contribution in [0.3, 0.4) is 0 Å². The van der Waals surface area contributed by atoms with Crippen molar-refractivity contribution in [2.45, 2.75) is 79.1 Å². The Kier molecular flexibility index (Phi) is 10.4. The van der Waals surface area contributed by atoms with Crippen molar-refractivity contribution in [3.8, 4) is 5.75 Å². The molecule has 36 heavy (non-hydrogen) atoms. The number of carbonyl (C=O) groups excluding carboxylic acids is 2. The van der Waals surface area contributed by atoms with E-state index < -0.39 is 0 Å². The summed E-state index contributed by atoms with van der Waals surface area (Å²) in [5.41, 5.74) is 3.71. The first-order valence-corrected chi connectivity index (χ1v) is 14.0. The van der Waals surface area contributed by atoms with Gasteiger partial charge < -0.3 is 14.5 Å². The second kappa shape index (κ2) is 13.5. The molecule has 0 fully saturated rings. The minimum atomic E-state index is -0.0701. The molecule has 0 saturated heterocycles. The maximum atomic E-state index is 14.1. The number of unbranched alkanes of at least 4 members (excludes halogenated alkanes) is 4. The molecule has 0 spiro atoms. The monoisotopic (exact) mass is 492 g/mol. The van der Waals surface area contributed by atoms with Crippen LogP contribution < -0.4 is 14.5 Å². The van der Waals surface area contributed by atoms with Crippen LogP contribution in [-0.2, 0) is 0 Å². The molecule has 1 aliphatic rings. The van der Waals surface area contributed by atoms with E-state index in [2.05, 4.69) is 37.5 Å². The zero-order chi connectivity index (χ0) is 26.1. The fourth-order valence-corrected chi connectivity index (χ4v) is 5.04. The summed E-state index contributed by atoms with van der Waals surface area (Å²) in [4.78, 5) is 32.8. The van der Waals surface area contributed by atoms with Gasteiger partial charge in [0.15, 0.2) is 11.6 Å². The van der Waals surface area contributed by atoms with Crippen LogP contribution >= 0.6 is 0 Å². The number of methoxy groups -OCH3 is 1. The molecule has 0 unspecified atom stereocenters. The maximum absolute atomic E-state index is 14.1. The van der Waals surface area contributed by atoms with Gasteiger partial charge in [-0.15, -0.1) is 0 Å². The highest BCUT2D eigenvalue weighted by Gasteiger charge is 2.38. The molecule has 0 bridgehead atoms. The van der Waals surface area contributed by atoms with Crippen LogP contribution in [0.2, 0.25) is 0 Å². The summed E-state index contributed by atoms with van der Waals surface area (Å²) in [6, 6.07) is 9.30. The van der Waals surface area contributed by atoms with Crippen molar-refractivity contribution >= 4 is 22.9 Å². The van der Waals surface area contributed by atoms with Crippen LogP contribution in [0.1, 0.15) is 111 Å². The Bertz CT molecular complexity index is 1030. The standard InChI is InChI=1S/C31H44N2O3/c1-6-10-18-32(19-11-7-2)25-22-26(36-5)29(33(20-12-8-3)21-13-9-4)28-27(25)30(34)23-16-14-15-17-24(23)31(28)35/h14-17,22H,6-13,18-21H2,1-5H3. The van der Waals surface area contributed by atoms with Crippen molar-refractivity contribution in [1.82, 2.24) is 0 Å². The molecule has 1 aliphatic carbocycles. The second-order valence-electron chi connectivity index (χ2n) is 9.79. The minimum absolute atomic E-state index is 0.0527. The number of hydrogen-bond acceptors (Lipinski definition) is 5. The normalized spacial score (nSPS) is 12.4. The smallest absolute Gasteiger partial charge is 0.196 e. The van der Waals surface area contributed by atoms with E-state index in [1.54, 1.807) is 19.2 Å². The van der Waals surface area contributed by atoms with E-state index in [4.69, 9.17) is 4.74 Å². The van der Waals surface area contributed by atoms with Crippen LogP contribution in [0.25, 0.3) is 0 Å². The summed E-state index contributed by atoms with van der Waals surface area (Å²) in [7, 11) is 1.68. The van der Waals surface area contributed by atoms with E-state index in [1.165, 1.54) is 0 Å². The summed E-state index contributed by atoms with van der Waals surface area (Å²) in [5.74, 6) is 0.566. The summed E-state index contributed by atoms with van der Waals surface area (Å²) < 4.78 is 5.99. The predicted molar refractivity (Wildman–Crippen MR) is 150 cm³/mol. The topological polar surface area (TPSA) is 49.9 Å². The fraction of sp³-hybridized carbons (Fsp3) is 0.548. The minimum Gasteiger partial charge on any atom is -0.494 e. The van der Waals surface area contributed by atoms with E-state index >= 15 is 0 Å². The highest BCUT2D eigenvalue weighted by atomic mass is 16.5. The molecule has 5 nitrogen and oxygen atoms in total. The first kappa shape index (κ1) is 27.8. The number of ketones is 2. The number of fused-ring (bicyclic) bond motifs is 2. The van der Waals surface area contributed by atoms with E-state index in [9.17, 15) is 9.59 Å². The molecule has 0 saturated carbocycles. The molecule has 2 aromatic carbocycles. The maximum Gasteiger partial charge on any atom is 0.196 e. The van der Waals surface area contributed by atoms with E-state index in [0.29, 0.717) is 28.0 Å². The Labute approximate surface area is 217 Å². The van der Waals surface area contributed by atoms with Crippen molar-refractivity contribution in [1.29, 1.82) is 0 Å². The van der Waals surface area contributed by atoms with Gasteiger partial charge in [-0.3, -0.25) is 9.59 Å². The summed E-state index contributed by atoms with van der Waals surface area (Å²) in [6.07, 6.45) is 8.34. The summed E-state index contributed by atoms with van der Waals surface area (Å²) >= 11 is 0. The molecule has 0 atom stereocenters. The first-order chi connectivity index (χ1) is 17.5. The van der Waals surface area contributed by atoms with Crippen molar-refractivity contribution in [2.75, 3.05) is 43.1 Å². The molecule has 0 radical (unpaired) electrons. The van der Waals surface area contributed by atoms with Gasteiger partial charge in [-0.2, -0.15) is 0 Å². The number of ether oxygens (including phenoxy) is 1. The molecule has 0 aromatic heterocycles. The zero-order valence-corrected chi connectivity index (χ0v) is 23.0. The molecular formula is C31H44N2O3. The van der Waals surface area contributed by atoms with Gasteiger partial charge in [0.05, 0.1) is 29.6 Å². The number of anilines is 2. The third kappa shape index (κ3) is 5.77. The lowest BCUT2D eigenvalue weighted by Gasteiger charge is -2.35. The molecule has 3 rings (SSSR count). The number of hydrogen-bond donors (Lipinski definition) is 0. The van der Waals surface area contributed by atoms with E-state index in [-0.39, 0.29) is 11.6 Å². The zero-order valence-electron chi connectivity index (χ0n) is 23.0. The van der Waals surface area contributed by atoms with Gasteiger partial charge in [-0.1, -0.05) is 77.6 Å². The third-order valence-corrected chi connectivity index (χ3v) is 7.12. The van der Waals surface area contributed by atoms with Gasteiger partial charge >= 0.3 is 0 Å². The van der Waals surface area contributed by atoms with E-state index in [1.807, 2.05) is 18.2 Å². The molecule has 0 aliphatic heterocycles. The second-order valence-corrected chi connectivity index (χ2v) is 9.79. The largest absolute Gasteiger partial charge is 0.494 e. The van der Waals surface area contributed by atoms with Crippen molar-refractivity contribution in [3.05, 3.63) is 52.6 Å². The Morgan fingerprint density at radius 1 is 0.667 bits per heavy atom. The van der Waals surface area contributed by atoms with Crippen LogP contribution in [0.15, 0.2) is 30.3 Å². The van der Waals surface area contributed by atoms with Crippen LogP contribution in [0.4, 0.5) is 11.4 Å². The molecule has 196 valence electrons. The first-order valence-electron chi connectivity index (χ1n) is 14.0. The Hall–Kier alpha value is -2.82. The van der Waals surface area contributed by atoms with Crippen molar-refractivity contribution in [2.24, 2.45) is 0 Å². The molecule has 2 aromatic rings. The van der Waals surface area contributed by atoms with Gasteiger partial charge in [0.25, 0.3) is 0 Å². The van der Waals surface area contributed by atoms with E-state index in [0.717, 1.165) is 88.9 Å². The lowest BCUT2D eigenvalue weighted by molar-refractivity contribution is 0.0979. The van der Waals surface area contributed by atoms with Crippen LogP contribution in [0.5, 0.6) is 5.75 Å². The van der Waals surface area contributed by atoms with Gasteiger partial charge in [0, 0.05) is 43.4 Å². The molecular weight excluding hydrogens is 448 g/mol. The number of benzene rings is 2. The fourth-order valence-electron chi connectivity index (χ4n) is 5.04. The predicted octanol–water partition coefficient (Wildman–Crippen LogP) is 7.28. The Morgan fingerprint density at radius 2 is 1.11 bits per heavy atom. The summed E-state index contributed by atoms with van der Waals surface area (Å²) in [5, 5.41) is 0. The number of nitrogens with zero attached hydrogens (tertiary/aromatic N) is 2. The average Bonchev–Trinajstić information content (AvgIpc) is 2.91. The van der Waals surface area contributed by atoms with Crippen molar-refractivity contribution < 1.29 is 14.3 Å². The third-order valence-electron chi connectivity index (χ3n) is 7.12. The molecule has 0 amide bonds. The summed E-state index contributed by atoms with van der Waals surface area (Å²) in [6.45, 7) is 12.1. The van der Waals surface area contributed by atoms with Crippen molar-refractivity contribution in [3.63, 3.8) is 0 Å². The number of carbonyl (C=O) groups is 2. The average molecular weight is 493 g/mol. The Morgan fingerprint density at radius 3 is 1.56 bits per heavy atom. The SMILES string of the molecule is CCCCN(CCCC)c1cc(OC)c(N(CCCC)CCCC)c2c1C(=O)c1ccccc1C2=O. The molecule has 5 heteroatoms. The number of rotatable bonds is 15. The highest BCUT2D eigenvalue weighted by Crippen LogP contribution is 2.45. The van der Waals surface area contributed by atoms with Gasteiger partial charge in [0.1, 0.15) is 5.75 Å². The lowest BCUT2D eigenvalue weighted by atomic mass is 9.81. The van der Waals surface area contributed by atoms with Gasteiger partial charge in [-0.05, 0) is 25.7 Å². The van der Waals surface area contributed by atoms with Gasteiger partial charge in [-0.25, -0.2) is 0 Å². The van der Waals surface area contributed by atoms with Gasteiger partial charge in [0.2, 0.25) is 0 Å². The van der Waals surface area contributed by atoms with Crippen LogP contribution in [0, 0.1) is 0 Å². The quantitative estimate of drug-likeness (QED) is 0.223.